The summed E-state index contributed by atoms with van der Waals surface area (Å²) in [5.74, 6) is 0.530. The molecule has 4 nitrogen and oxygen atoms in total. The SMILES string of the molecule is CC(C)CN1C(=O)N[C@@](C)(c2ccc(C(C)C)cc2)C1=O. The highest BCUT2D eigenvalue weighted by atomic mass is 16.2. The van der Waals surface area contributed by atoms with Crippen molar-refractivity contribution in [1.29, 1.82) is 0 Å². The van der Waals surface area contributed by atoms with Crippen molar-refractivity contribution in [2.75, 3.05) is 6.54 Å². The molecular weight excluding hydrogens is 264 g/mol. The third-order valence-corrected chi connectivity index (χ3v) is 3.98. The van der Waals surface area contributed by atoms with Gasteiger partial charge < -0.3 is 5.32 Å². The van der Waals surface area contributed by atoms with E-state index in [0.717, 1.165) is 5.56 Å². The first-order valence-corrected chi connectivity index (χ1v) is 7.50. The average molecular weight is 288 g/mol. The Hall–Kier alpha value is -1.84. The molecule has 1 saturated heterocycles. The normalized spacial score (nSPS) is 22.3. The molecule has 0 spiro atoms. The Bertz CT molecular complexity index is 548. The molecule has 0 unspecified atom stereocenters. The molecule has 1 heterocycles. The summed E-state index contributed by atoms with van der Waals surface area (Å²) in [7, 11) is 0. The van der Waals surface area contributed by atoms with Crippen molar-refractivity contribution in [2.45, 2.75) is 46.1 Å². The van der Waals surface area contributed by atoms with Gasteiger partial charge in [0.25, 0.3) is 5.91 Å². The Morgan fingerprint density at radius 1 is 1.10 bits per heavy atom. The zero-order chi connectivity index (χ0) is 15.8. The Morgan fingerprint density at radius 2 is 1.67 bits per heavy atom. The van der Waals surface area contributed by atoms with Crippen LogP contribution < -0.4 is 5.32 Å². The monoisotopic (exact) mass is 288 g/mol. The second kappa shape index (κ2) is 5.51. The number of nitrogens with one attached hydrogen (secondary N) is 1. The lowest BCUT2D eigenvalue weighted by molar-refractivity contribution is -0.131. The summed E-state index contributed by atoms with van der Waals surface area (Å²) in [6.45, 7) is 10.5. The summed E-state index contributed by atoms with van der Waals surface area (Å²) in [6, 6.07) is 7.62. The summed E-state index contributed by atoms with van der Waals surface area (Å²) in [5, 5.41) is 2.84. The molecule has 0 bridgehead atoms. The minimum absolute atomic E-state index is 0.168. The van der Waals surface area contributed by atoms with Gasteiger partial charge >= 0.3 is 6.03 Å². The van der Waals surface area contributed by atoms with E-state index in [1.54, 1.807) is 6.92 Å². The van der Waals surface area contributed by atoms with Crippen LogP contribution in [0.4, 0.5) is 4.79 Å². The van der Waals surface area contributed by atoms with Crippen LogP contribution in [0.3, 0.4) is 0 Å². The molecule has 1 aliphatic heterocycles. The van der Waals surface area contributed by atoms with E-state index in [2.05, 4.69) is 19.2 Å². The van der Waals surface area contributed by atoms with E-state index in [-0.39, 0.29) is 17.9 Å². The quantitative estimate of drug-likeness (QED) is 0.865. The highest BCUT2D eigenvalue weighted by molar-refractivity contribution is 6.07. The number of amides is 3. The van der Waals surface area contributed by atoms with Crippen LogP contribution in [0.2, 0.25) is 0 Å². The maximum Gasteiger partial charge on any atom is 0.325 e. The van der Waals surface area contributed by atoms with E-state index < -0.39 is 5.54 Å². The second-order valence-corrected chi connectivity index (χ2v) is 6.64. The van der Waals surface area contributed by atoms with Crippen molar-refractivity contribution in [3.63, 3.8) is 0 Å². The lowest BCUT2D eigenvalue weighted by Crippen LogP contribution is -2.41. The van der Waals surface area contributed by atoms with Crippen LogP contribution in [0.15, 0.2) is 24.3 Å². The minimum atomic E-state index is -0.957. The summed E-state index contributed by atoms with van der Waals surface area (Å²) in [6.07, 6.45) is 0. The van der Waals surface area contributed by atoms with Gasteiger partial charge in [-0.3, -0.25) is 9.69 Å². The van der Waals surface area contributed by atoms with E-state index >= 15 is 0 Å². The Morgan fingerprint density at radius 3 is 2.14 bits per heavy atom. The van der Waals surface area contributed by atoms with E-state index in [4.69, 9.17) is 0 Å². The average Bonchev–Trinajstić information content (AvgIpc) is 2.63. The largest absolute Gasteiger partial charge is 0.325 e. The molecule has 21 heavy (non-hydrogen) atoms. The number of hydrogen-bond acceptors (Lipinski definition) is 2. The molecule has 114 valence electrons. The second-order valence-electron chi connectivity index (χ2n) is 6.64. The first-order chi connectivity index (χ1) is 9.75. The summed E-state index contributed by atoms with van der Waals surface area (Å²) >= 11 is 0. The molecule has 0 saturated carbocycles. The molecule has 0 radical (unpaired) electrons. The minimum Gasteiger partial charge on any atom is -0.319 e. The van der Waals surface area contributed by atoms with E-state index in [1.165, 1.54) is 10.5 Å². The van der Waals surface area contributed by atoms with E-state index in [9.17, 15) is 9.59 Å². The van der Waals surface area contributed by atoms with Gasteiger partial charge in [0.05, 0.1) is 0 Å². The van der Waals surface area contributed by atoms with Gasteiger partial charge in [-0.05, 0) is 29.9 Å². The molecule has 0 aromatic heterocycles. The van der Waals surface area contributed by atoms with Gasteiger partial charge in [-0.15, -0.1) is 0 Å². The van der Waals surface area contributed by atoms with Crippen molar-refractivity contribution in [3.05, 3.63) is 35.4 Å². The van der Waals surface area contributed by atoms with Gasteiger partial charge in [0.2, 0.25) is 0 Å². The van der Waals surface area contributed by atoms with E-state index in [0.29, 0.717) is 12.5 Å². The van der Waals surface area contributed by atoms with Crippen LogP contribution in [0.1, 0.15) is 51.7 Å². The lowest BCUT2D eigenvalue weighted by Gasteiger charge is -2.23. The fourth-order valence-electron chi connectivity index (χ4n) is 2.62. The summed E-state index contributed by atoms with van der Waals surface area (Å²) < 4.78 is 0. The number of benzene rings is 1. The van der Waals surface area contributed by atoms with Crippen LogP contribution >= 0.6 is 0 Å². The fraction of sp³-hybridized carbons (Fsp3) is 0.529. The number of imide groups is 1. The number of hydrogen-bond donors (Lipinski definition) is 1. The smallest absolute Gasteiger partial charge is 0.319 e. The van der Waals surface area contributed by atoms with Crippen LogP contribution in [0.25, 0.3) is 0 Å². The Balaban J connectivity index is 2.30. The molecule has 1 aromatic carbocycles. The zero-order valence-corrected chi connectivity index (χ0v) is 13.4. The Kier molecular flexibility index (Phi) is 4.08. The molecule has 0 aliphatic carbocycles. The molecule has 1 fully saturated rings. The third-order valence-electron chi connectivity index (χ3n) is 3.98. The van der Waals surface area contributed by atoms with Crippen molar-refractivity contribution in [2.24, 2.45) is 5.92 Å². The molecule has 1 aromatic rings. The van der Waals surface area contributed by atoms with Crippen molar-refractivity contribution in [3.8, 4) is 0 Å². The molecule has 1 N–H and O–H groups in total. The maximum atomic E-state index is 12.6. The molecule has 1 atom stereocenters. The molecular formula is C17H24N2O2. The first kappa shape index (κ1) is 15.5. The van der Waals surface area contributed by atoms with Gasteiger partial charge in [-0.2, -0.15) is 0 Å². The zero-order valence-electron chi connectivity index (χ0n) is 13.4. The van der Waals surface area contributed by atoms with Crippen molar-refractivity contribution < 1.29 is 9.59 Å². The molecule has 3 amide bonds. The number of nitrogens with zero attached hydrogens (tertiary/aromatic N) is 1. The number of urea groups is 1. The van der Waals surface area contributed by atoms with Crippen LogP contribution in [-0.2, 0) is 10.3 Å². The van der Waals surface area contributed by atoms with Crippen LogP contribution in [0, 0.1) is 5.92 Å². The topological polar surface area (TPSA) is 49.4 Å². The first-order valence-electron chi connectivity index (χ1n) is 7.50. The van der Waals surface area contributed by atoms with Gasteiger partial charge in [-0.1, -0.05) is 52.0 Å². The number of rotatable bonds is 4. The maximum absolute atomic E-state index is 12.6. The lowest BCUT2D eigenvalue weighted by atomic mass is 9.90. The predicted octanol–water partition coefficient (Wildman–Crippen LogP) is 3.23. The van der Waals surface area contributed by atoms with Gasteiger partial charge in [-0.25, -0.2) is 4.79 Å². The standard InChI is InChI=1S/C17H24N2O2/c1-11(2)10-19-15(20)17(5,18-16(19)21)14-8-6-13(7-9-14)12(3)4/h6-9,11-12H,10H2,1-5H3,(H,18,21)/t17-/m0/s1. The van der Waals surface area contributed by atoms with Crippen molar-refractivity contribution in [1.82, 2.24) is 10.2 Å². The summed E-state index contributed by atoms with van der Waals surface area (Å²) in [5.41, 5.74) is 1.09. The fourth-order valence-corrected chi connectivity index (χ4v) is 2.62. The van der Waals surface area contributed by atoms with Crippen LogP contribution in [0.5, 0.6) is 0 Å². The molecule has 4 heteroatoms. The predicted molar refractivity (Wildman–Crippen MR) is 83.0 cm³/mol. The summed E-state index contributed by atoms with van der Waals surface area (Å²) in [4.78, 5) is 26.0. The molecule has 2 rings (SSSR count). The van der Waals surface area contributed by atoms with Crippen LogP contribution in [-0.4, -0.2) is 23.4 Å². The highest BCUT2D eigenvalue weighted by Crippen LogP contribution is 2.30. The van der Waals surface area contributed by atoms with Gasteiger partial charge in [0.15, 0.2) is 0 Å². The van der Waals surface area contributed by atoms with Crippen molar-refractivity contribution >= 4 is 11.9 Å². The number of carbonyl (C=O) groups is 2. The van der Waals surface area contributed by atoms with E-state index in [1.807, 2.05) is 38.1 Å². The highest BCUT2D eigenvalue weighted by Gasteiger charge is 2.48. The third kappa shape index (κ3) is 2.80. The number of carbonyl (C=O) groups excluding carboxylic acids is 2. The molecule has 1 aliphatic rings. The van der Waals surface area contributed by atoms with Gasteiger partial charge in [0.1, 0.15) is 5.54 Å². The Labute approximate surface area is 126 Å². The van der Waals surface area contributed by atoms with Gasteiger partial charge in [0, 0.05) is 6.54 Å².